The van der Waals surface area contributed by atoms with E-state index in [-0.39, 0.29) is 50.0 Å². The Hall–Kier alpha value is -6.56. The molecule has 0 bridgehead atoms. The summed E-state index contributed by atoms with van der Waals surface area (Å²) in [7, 11) is 0. The summed E-state index contributed by atoms with van der Waals surface area (Å²) in [5.41, 5.74) is 27.8. The molecule has 0 saturated carbocycles. The molecule has 0 amide bonds. The average molecular weight is 1140 g/mol. The molecule has 3 nitrogen and oxygen atoms in total. The zero-order chi connectivity index (χ0) is 60.8. The van der Waals surface area contributed by atoms with Gasteiger partial charge in [0.25, 0.3) is 6.71 Å². The number of thiophene rings is 1. The van der Waals surface area contributed by atoms with E-state index in [9.17, 15) is 0 Å². The van der Waals surface area contributed by atoms with Crippen LogP contribution in [-0.2, 0) is 43.3 Å². The van der Waals surface area contributed by atoms with Crippen LogP contribution < -0.4 is 31.1 Å². The van der Waals surface area contributed by atoms with Crippen molar-refractivity contribution < 1.29 is 0 Å². The lowest BCUT2D eigenvalue weighted by Crippen LogP contribution is -2.61. The van der Waals surface area contributed by atoms with Gasteiger partial charge in [0.1, 0.15) is 0 Å². The van der Waals surface area contributed by atoms with Gasteiger partial charge in [0, 0.05) is 65.7 Å². The van der Waals surface area contributed by atoms with Gasteiger partial charge in [0.05, 0.1) is 5.69 Å². The largest absolute Gasteiger partial charge is 0.311 e. The van der Waals surface area contributed by atoms with E-state index in [1.807, 2.05) is 11.3 Å². The molecular formula is C80H92BN3S. The van der Waals surface area contributed by atoms with Crippen LogP contribution in [0.1, 0.15) is 208 Å². The van der Waals surface area contributed by atoms with Crippen LogP contribution in [0.5, 0.6) is 0 Å². The van der Waals surface area contributed by atoms with E-state index >= 15 is 0 Å². The first kappa shape index (κ1) is 57.5. The Morgan fingerprint density at radius 1 is 0.400 bits per heavy atom. The third kappa shape index (κ3) is 9.24. The van der Waals surface area contributed by atoms with Gasteiger partial charge in [-0.05, 0) is 215 Å². The molecule has 436 valence electrons. The minimum absolute atomic E-state index is 0.000572. The fourth-order valence-corrected chi connectivity index (χ4v) is 16.8. The first-order valence-corrected chi connectivity index (χ1v) is 32.6. The number of benzene rings is 8. The minimum atomic E-state index is -0.179. The first-order chi connectivity index (χ1) is 39.5. The quantitative estimate of drug-likeness (QED) is 0.159. The van der Waals surface area contributed by atoms with E-state index in [1.54, 1.807) is 0 Å². The summed E-state index contributed by atoms with van der Waals surface area (Å²) in [4.78, 5) is 8.01. The predicted molar refractivity (Wildman–Crippen MR) is 374 cm³/mol. The summed E-state index contributed by atoms with van der Waals surface area (Å²) in [6, 6.07) is 56.5. The number of hydrogen-bond acceptors (Lipinski definition) is 4. The number of nitrogens with zero attached hydrogens (tertiary/aromatic N) is 3. The van der Waals surface area contributed by atoms with Gasteiger partial charge in [0.2, 0.25) is 0 Å². The van der Waals surface area contributed by atoms with Crippen molar-refractivity contribution in [1.29, 1.82) is 0 Å². The molecule has 85 heavy (non-hydrogen) atoms. The zero-order valence-electron chi connectivity index (χ0n) is 55.2. The van der Waals surface area contributed by atoms with E-state index < -0.39 is 0 Å². The first-order valence-electron chi connectivity index (χ1n) is 31.8. The van der Waals surface area contributed by atoms with Crippen LogP contribution in [0, 0.1) is 6.92 Å². The highest BCUT2D eigenvalue weighted by molar-refractivity contribution is 7.26. The lowest BCUT2D eigenvalue weighted by atomic mass is 9.33. The predicted octanol–water partition coefficient (Wildman–Crippen LogP) is 21.4. The summed E-state index contributed by atoms with van der Waals surface area (Å²) in [5.74, 6) is 0. The highest BCUT2D eigenvalue weighted by atomic mass is 32.1. The van der Waals surface area contributed by atoms with Crippen molar-refractivity contribution in [2.75, 3.05) is 14.7 Å². The van der Waals surface area contributed by atoms with Crippen molar-refractivity contribution in [3.63, 3.8) is 0 Å². The average Bonchev–Trinajstić information content (AvgIpc) is 1.53. The van der Waals surface area contributed by atoms with Crippen molar-refractivity contribution in [1.82, 2.24) is 0 Å². The van der Waals surface area contributed by atoms with Crippen LogP contribution in [0.4, 0.5) is 51.2 Å². The van der Waals surface area contributed by atoms with Gasteiger partial charge in [0.15, 0.2) is 0 Å². The minimum Gasteiger partial charge on any atom is -0.311 e. The highest BCUT2D eigenvalue weighted by Crippen LogP contribution is 2.56. The second kappa shape index (κ2) is 18.7. The fourth-order valence-electron chi connectivity index (χ4n) is 15.6. The summed E-state index contributed by atoms with van der Waals surface area (Å²) in [6.07, 6.45) is 3.45. The Balaban J connectivity index is 1.16. The molecule has 0 unspecified atom stereocenters. The lowest BCUT2D eigenvalue weighted by Gasteiger charge is -2.47. The standard InChI is InChI=1S/C80H92BN3S/c1-48-39-57-59(78(16,17)38-37-77(57,14)15)45-64(48)84-66-46-60-58(79(18,19)47-80(60,20)21)44-62(66)81-61-36-34-55(82(53-30-25-49(26-31-53)73(2,3)4)54-32-27-50(28-33-54)74(5,6)7)43-65(61)83(67-40-52(76(11,12)13)41-68(84)72(67)81)63-23-22-24-69-71(63)56-35-29-51(75(8,9)10)42-70(56)85-69/h22-36,39-46H,37-38,47H2,1-21H3. The van der Waals surface area contributed by atoms with E-state index in [0.29, 0.717) is 0 Å². The van der Waals surface area contributed by atoms with E-state index in [2.05, 4.69) is 300 Å². The number of rotatable bonds is 5. The molecule has 2 aliphatic carbocycles. The van der Waals surface area contributed by atoms with Crippen LogP contribution in [0.25, 0.3) is 20.2 Å². The van der Waals surface area contributed by atoms with E-state index in [1.165, 1.54) is 127 Å². The monoisotopic (exact) mass is 1140 g/mol. The molecule has 13 rings (SSSR count). The van der Waals surface area contributed by atoms with Crippen LogP contribution in [-0.4, -0.2) is 6.71 Å². The topological polar surface area (TPSA) is 9.72 Å². The Morgan fingerprint density at radius 2 is 0.871 bits per heavy atom. The summed E-state index contributed by atoms with van der Waals surface area (Å²) in [6.45, 7) is 50.4. The Kier molecular flexibility index (Phi) is 12.7. The lowest BCUT2D eigenvalue weighted by molar-refractivity contribution is 0.332. The second-order valence-electron chi connectivity index (χ2n) is 33.0. The smallest absolute Gasteiger partial charge is 0.252 e. The van der Waals surface area contributed by atoms with Crippen molar-refractivity contribution >= 4 is 106 Å². The Bertz CT molecular complexity index is 4150. The SMILES string of the molecule is Cc1cc2c(cc1N1c3cc4c(cc3B3c5ccc(N(c6ccc(C(C)(C)C)cc6)c6ccc(C(C)(C)C)cc6)cc5N(c5cccc6sc7cc(C(C)(C)C)ccc7c56)c5cc(C(C)(C)C)cc1c53)C(C)(C)CC4(C)C)C(C)(C)CCC2(C)C. The molecule has 2 aliphatic heterocycles. The van der Waals surface area contributed by atoms with Gasteiger partial charge < -0.3 is 14.7 Å². The molecule has 0 spiro atoms. The maximum atomic E-state index is 2.77. The molecule has 9 aromatic rings. The molecular weight excluding hydrogens is 1050 g/mol. The maximum absolute atomic E-state index is 2.77. The molecule has 0 fully saturated rings. The number of anilines is 9. The van der Waals surface area contributed by atoms with E-state index in [0.717, 1.165) is 29.9 Å². The number of fused-ring (bicyclic) bond motifs is 9. The third-order valence-electron chi connectivity index (χ3n) is 20.6. The van der Waals surface area contributed by atoms with Crippen LogP contribution in [0.3, 0.4) is 0 Å². The van der Waals surface area contributed by atoms with Gasteiger partial charge in [-0.1, -0.05) is 199 Å². The van der Waals surface area contributed by atoms with Gasteiger partial charge >= 0.3 is 0 Å². The number of aryl methyl sites for hydroxylation is 1. The molecule has 0 atom stereocenters. The maximum Gasteiger partial charge on any atom is 0.252 e. The van der Waals surface area contributed by atoms with Crippen molar-refractivity contribution in [2.24, 2.45) is 0 Å². The number of hydrogen-bond donors (Lipinski definition) is 0. The Labute approximate surface area is 515 Å². The molecule has 3 heterocycles. The summed E-state index contributed by atoms with van der Waals surface area (Å²) in [5, 5.41) is 2.62. The normalized spacial score (nSPS) is 17.4. The van der Waals surface area contributed by atoms with Crippen molar-refractivity contribution in [3.05, 3.63) is 190 Å². The molecule has 1 aromatic heterocycles. The van der Waals surface area contributed by atoms with Crippen LogP contribution >= 0.6 is 11.3 Å². The second-order valence-corrected chi connectivity index (χ2v) is 34.1. The zero-order valence-corrected chi connectivity index (χ0v) is 56.0. The molecule has 0 N–H and O–H groups in total. The van der Waals surface area contributed by atoms with E-state index in [4.69, 9.17) is 0 Å². The van der Waals surface area contributed by atoms with Crippen LogP contribution in [0.2, 0.25) is 0 Å². The van der Waals surface area contributed by atoms with Gasteiger partial charge in [-0.15, -0.1) is 11.3 Å². The summed E-state index contributed by atoms with van der Waals surface area (Å²) >= 11 is 1.94. The van der Waals surface area contributed by atoms with Gasteiger partial charge in [-0.25, -0.2) is 0 Å². The molecule has 4 aliphatic rings. The van der Waals surface area contributed by atoms with Gasteiger partial charge in [-0.3, -0.25) is 0 Å². The molecule has 5 heteroatoms. The van der Waals surface area contributed by atoms with Crippen molar-refractivity contribution in [3.8, 4) is 0 Å². The van der Waals surface area contributed by atoms with Gasteiger partial charge in [-0.2, -0.15) is 0 Å². The summed E-state index contributed by atoms with van der Waals surface area (Å²) < 4.78 is 2.64. The fraction of sp³-hybridized carbons (Fsp3) is 0.400. The molecule has 8 aromatic carbocycles. The Morgan fingerprint density at radius 3 is 1.42 bits per heavy atom. The van der Waals surface area contributed by atoms with Crippen LogP contribution in [0.15, 0.2) is 140 Å². The highest BCUT2D eigenvalue weighted by Gasteiger charge is 2.50. The van der Waals surface area contributed by atoms with Crippen molar-refractivity contribution in [2.45, 2.75) is 208 Å². The third-order valence-corrected chi connectivity index (χ3v) is 21.8. The molecule has 0 saturated heterocycles. The molecule has 0 radical (unpaired) electrons.